The molecule has 1 N–H and O–H groups in total. The number of hydrogen-bond donors (Lipinski definition) is 1. The van der Waals surface area contributed by atoms with Crippen LogP contribution in [-0.2, 0) is 0 Å². The fraction of sp³-hybridized carbons (Fsp3) is 0.417. The van der Waals surface area contributed by atoms with Gasteiger partial charge < -0.3 is 9.84 Å². The number of halogens is 1. The Morgan fingerprint density at radius 2 is 2.19 bits per heavy atom. The van der Waals surface area contributed by atoms with E-state index in [1.54, 1.807) is 18.2 Å². The van der Waals surface area contributed by atoms with Crippen molar-refractivity contribution in [1.82, 2.24) is 0 Å². The molecule has 1 aliphatic heterocycles. The van der Waals surface area contributed by atoms with Gasteiger partial charge in [0.05, 0.1) is 10.9 Å². The Bertz CT molecular complexity index is 428. The van der Waals surface area contributed by atoms with Crippen LogP contribution in [0.2, 0.25) is 0 Å². The van der Waals surface area contributed by atoms with Crippen molar-refractivity contribution in [3.63, 3.8) is 0 Å². The lowest BCUT2D eigenvalue weighted by Crippen LogP contribution is -2.45. The fourth-order valence-electron chi connectivity index (χ4n) is 1.84. The number of aliphatic hydroxyl groups excluding tert-OH is 1. The first-order valence-corrected chi connectivity index (χ1v) is 5.97. The van der Waals surface area contributed by atoms with Crippen molar-refractivity contribution >= 4 is 22.2 Å². The number of rotatable bonds is 1. The number of aldehydes is 1. The molecule has 3 nitrogen and oxygen atoms in total. The third kappa shape index (κ3) is 1.76. The molecule has 1 aromatic carbocycles. The van der Waals surface area contributed by atoms with E-state index in [1.165, 1.54) is 0 Å². The molecule has 86 valence electrons. The normalized spacial score (nSPS) is 26.8. The van der Waals surface area contributed by atoms with Gasteiger partial charge in [-0.1, -0.05) is 15.9 Å². The molecule has 0 spiro atoms. The fourth-order valence-corrected chi connectivity index (χ4v) is 2.22. The quantitative estimate of drug-likeness (QED) is 0.637. The minimum atomic E-state index is -0.668. The van der Waals surface area contributed by atoms with Crippen LogP contribution in [0, 0.1) is 0 Å². The van der Waals surface area contributed by atoms with Gasteiger partial charge >= 0.3 is 0 Å². The maximum atomic E-state index is 10.7. The molecule has 0 fully saturated rings. The van der Waals surface area contributed by atoms with Crippen LogP contribution in [0.4, 0.5) is 0 Å². The number of alkyl halides is 1. The largest absolute Gasteiger partial charge is 0.486 e. The van der Waals surface area contributed by atoms with E-state index in [2.05, 4.69) is 15.9 Å². The molecule has 2 rings (SSSR count). The standard InChI is InChI=1S/C12H13BrO3/c1-12(2)11(13)10(15)8-5-7(6-14)3-4-9(8)16-12/h3-6,10-11,15H,1-2H3/t10-,11+/m0/s1. The van der Waals surface area contributed by atoms with Crippen LogP contribution in [0.25, 0.3) is 0 Å². The zero-order valence-electron chi connectivity index (χ0n) is 9.11. The van der Waals surface area contributed by atoms with E-state index in [9.17, 15) is 9.90 Å². The summed E-state index contributed by atoms with van der Waals surface area (Å²) >= 11 is 3.43. The number of ether oxygens (including phenoxy) is 1. The van der Waals surface area contributed by atoms with E-state index in [0.717, 1.165) is 6.29 Å². The van der Waals surface area contributed by atoms with Gasteiger partial charge in [-0.15, -0.1) is 0 Å². The molecule has 0 aromatic heterocycles. The Morgan fingerprint density at radius 1 is 1.50 bits per heavy atom. The Labute approximate surface area is 103 Å². The van der Waals surface area contributed by atoms with Crippen molar-refractivity contribution in [3.05, 3.63) is 29.3 Å². The van der Waals surface area contributed by atoms with E-state index in [1.807, 2.05) is 13.8 Å². The summed E-state index contributed by atoms with van der Waals surface area (Å²) < 4.78 is 5.78. The highest BCUT2D eigenvalue weighted by atomic mass is 79.9. The Balaban J connectivity index is 2.50. The highest BCUT2D eigenvalue weighted by molar-refractivity contribution is 9.09. The van der Waals surface area contributed by atoms with E-state index >= 15 is 0 Å². The summed E-state index contributed by atoms with van der Waals surface area (Å²) in [5, 5.41) is 10.1. The number of benzene rings is 1. The number of fused-ring (bicyclic) bond motifs is 1. The second-order valence-corrected chi connectivity index (χ2v) is 5.45. The van der Waals surface area contributed by atoms with Crippen LogP contribution < -0.4 is 4.74 Å². The maximum Gasteiger partial charge on any atom is 0.150 e. The average Bonchev–Trinajstić information content (AvgIpc) is 2.25. The van der Waals surface area contributed by atoms with Gasteiger partial charge in [-0.05, 0) is 32.0 Å². The Morgan fingerprint density at radius 3 is 2.81 bits per heavy atom. The van der Waals surface area contributed by atoms with Crippen molar-refractivity contribution in [2.75, 3.05) is 0 Å². The monoisotopic (exact) mass is 284 g/mol. The topological polar surface area (TPSA) is 46.5 Å². The van der Waals surface area contributed by atoms with Gasteiger partial charge in [0.1, 0.15) is 17.6 Å². The molecule has 0 aliphatic carbocycles. The minimum Gasteiger partial charge on any atom is -0.486 e. The lowest BCUT2D eigenvalue weighted by atomic mass is 9.91. The predicted molar refractivity (Wildman–Crippen MR) is 64.2 cm³/mol. The first kappa shape index (κ1) is 11.6. The van der Waals surface area contributed by atoms with Crippen molar-refractivity contribution < 1.29 is 14.6 Å². The van der Waals surface area contributed by atoms with Crippen molar-refractivity contribution in [2.45, 2.75) is 30.4 Å². The Kier molecular flexibility index (Phi) is 2.80. The summed E-state index contributed by atoms with van der Waals surface area (Å²) in [5.74, 6) is 0.638. The van der Waals surface area contributed by atoms with E-state index in [-0.39, 0.29) is 4.83 Å². The summed E-state index contributed by atoms with van der Waals surface area (Å²) in [5.41, 5.74) is 0.723. The van der Waals surface area contributed by atoms with Gasteiger partial charge in [0.25, 0.3) is 0 Å². The molecule has 2 atom stereocenters. The second kappa shape index (κ2) is 3.86. The summed E-state index contributed by atoms with van der Waals surface area (Å²) in [6.07, 6.45) is 0.0920. The van der Waals surface area contributed by atoms with Crippen molar-refractivity contribution in [1.29, 1.82) is 0 Å². The van der Waals surface area contributed by atoms with Gasteiger partial charge in [0.2, 0.25) is 0 Å². The molecule has 1 aliphatic rings. The van der Waals surface area contributed by atoms with Crippen molar-refractivity contribution in [3.8, 4) is 5.75 Å². The number of carbonyl (C=O) groups is 1. The van der Waals surface area contributed by atoms with E-state index in [0.29, 0.717) is 16.9 Å². The first-order valence-electron chi connectivity index (χ1n) is 5.06. The van der Waals surface area contributed by atoms with Crippen LogP contribution >= 0.6 is 15.9 Å². The number of hydrogen-bond acceptors (Lipinski definition) is 3. The van der Waals surface area contributed by atoms with E-state index < -0.39 is 11.7 Å². The van der Waals surface area contributed by atoms with Crippen molar-refractivity contribution in [2.24, 2.45) is 0 Å². The summed E-state index contributed by atoms with van der Waals surface area (Å²) in [6.45, 7) is 3.82. The molecule has 0 radical (unpaired) electrons. The molecule has 16 heavy (non-hydrogen) atoms. The lowest BCUT2D eigenvalue weighted by molar-refractivity contribution is 0.0225. The highest BCUT2D eigenvalue weighted by Crippen LogP contribution is 2.43. The third-order valence-corrected chi connectivity index (χ3v) is 4.41. The molecule has 1 aromatic rings. The average molecular weight is 285 g/mol. The third-order valence-electron chi connectivity index (χ3n) is 2.80. The van der Waals surface area contributed by atoms with Gasteiger partial charge in [0.15, 0.2) is 0 Å². The minimum absolute atomic E-state index is 0.200. The molecule has 0 saturated heterocycles. The van der Waals surface area contributed by atoms with Gasteiger partial charge in [-0.25, -0.2) is 0 Å². The Hall–Kier alpha value is -0.870. The first-order chi connectivity index (χ1) is 7.45. The van der Waals surface area contributed by atoms with Crippen LogP contribution in [0.3, 0.4) is 0 Å². The van der Waals surface area contributed by atoms with Crippen LogP contribution in [0.5, 0.6) is 5.75 Å². The molecular weight excluding hydrogens is 272 g/mol. The van der Waals surface area contributed by atoms with Crippen LogP contribution in [-0.4, -0.2) is 21.8 Å². The summed E-state index contributed by atoms with van der Waals surface area (Å²) in [4.78, 5) is 10.5. The summed E-state index contributed by atoms with van der Waals surface area (Å²) in [7, 11) is 0. The number of aliphatic hydroxyl groups is 1. The summed E-state index contributed by atoms with van der Waals surface area (Å²) in [6, 6.07) is 5.07. The molecule has 0 bridgehead atoms. The lowest BCUT2D eigenvalue weighted by Gasteiger charge is -2.40. The highest BCUT2D eigenvalue weighted by Gasteiger charge is 2.41. The zero-order chi connectivity index (χ0) is 11.9. The van der Waals surface area contributed by atoms with Crippen LogP contribution in [0.15, 0.2) is 18.2 Å². The molecular formula is C12H13BrO3. The number of carbonyl (C=O) groups excluding carboxylic acids is 1. The SMILES string of the molecule is CC1(C)Oc2ccc(C=O)cc2[C@H](O)[C@H]1Br. The predicted octanol–water partition coefficient (Wildman–Crippen LogP) is 2.47. The zero-order valence-corrected chi connectivity index (χ0v) is 10.7. The van der Waals surface area contributed by atoms with Gasteiger partial charge in [-0.3, -0.25) is 4.79 Å². The van der Waals surface area contributed by atoms with Gasteiger partial charge in [0, 0.05) is 11.1 Å². The molecule has 1 heterocycles. The van der Waals surface area contributed by atoms with Crippen LogP contribution in [0.1, 0.15) is 35.9 Å². The second-order valence-electron chi connectivity index (χ2n) is 4.47. The van der Waals surface area contributed by atoms with Gasteiger partial charge in [-0.2, -0.15) is 0 Å². The molecule has 4 heteroatoms. The molecule has 0 saturated carbocycles. The molecule has 0 unspecified atom stereocenters. The smallest absolute Gasteiger partial charge is 0.150 e. The molecule has 0 amide bonds. The maximum absolute atomic E-state index is 10.7. The van der Waals surface area contributed by atoms with E-state index in [4.69, 9.17) is 4.74 Å².